The fraction of sp³-hybridized carbons (Fsp3) is 0.381. The number of carbonyl (C=O) groups excluding carboxylic acids is 1. The minimum Gasteiger partial charge on any atom is -0.496 e. The smallest absolute Gasteiger partial charge is 0.409 e. The number of benzene rings is 1. The van der Waals surface area contributed by atoms with E-state index < -0.39 is 11.8 Å². The SMILES string of the molecule is CNC1(C(C)=O)CN(c2ccc(-c3ccccc3OC)cn2)CCCN1C(=O)O. The van der Waals surface area contributed by atoms with Crippen molar-refractivity contribution in [1.82, 2.24) is 15.2 Å². The molecule has 1 aromatic heterocycles. The molecule has 2 N–H and O–H groups in total. The van der Waals surface area contributed by atoms with Crippen molar-refractivity contribution in [3.05, 3.63) is 42.6 Å². The number of rotatable bonds is 5. The van der Waals surface area contributed by atoms with E-state index in [-0.39, 0.29) is 18.9 Å². The Balaban J connectivity index is 1.92. The zero-order valence-corrected chi connectivity index (χ0v) is 16.9. The van der Waals surface area contributed by atoms with Gasteiger partial charge in [0.1, 0.15) is 11.6 Å². The topological polar surface area (TPSA) is 95.0 Å². The van der Waals surface area contributed by atoms with Gasteiger partial charge in [0.05, 0.1) is 13.7 Å². The molecule has 2 aromatic rings. The average molecular weight is 398 g/mol. The molecule has 1 unspecified atom stereocenters. The molecule has 1 saturated heterocycles. The van der Waals surface area contributed by atoms with Crippen molar-refractivity contribution >= 4 is 17.7 Å². The van der Waals surface area contributed by atoms with Gasteiger partial charge in [-0.3, -0.25) is 15.0 Å². The van der Waals surface area contributed by atoms with Crippen LogP contribution in [0.5, 0.6) is 5.75 Å². The first-order valence-electron chi connectivity index (χ1n) is 9.48. The number of ketones is 1. The number of nitrogens with zero attached hydrogens (tertiary/aromatic N) is 3. The number of methoxy groups -OCH3 is 1. The molecule has 8 nitrogen and oxygen atoms in total. The van der Waals surface area contributed by atoms with Crippen LogP contribution in [0.2, 0.25) is 0 Å². The second kappa shape index (κ2) is 8.48. The Hall–Kier alpha value is -3.13. The van der Waals surface area contributed by atoms with Gasteiger partial charge in [-0.1, -0.05) is 18.2 Å². The predicted octanol–water partition coefficient (Wildman–Crippen LogP) is 2.45. The molecule has 1 fully saturated rings. The standard InChI is InChI=1S/C21H26N4O4/c1-15(26)21(22-2)14-24(11-6-12-25(21)20(27)28)19-10-9-16(13-23-19)17-7-4-5-8-18(17)29-3/h4-5,7-10,13,22H,6,11-12,14H2,1-3H3,(H,27,28). The molecule has 0 aliphatic carbocycles. The van der Waals surface area contributed by atoms with Crippen molar-refractivity contribution < 1.29 is 19.4 Å². The van der Waals surface area contributed by atoms with Gasteiger partial charge < -0.3 is 14.7 Å². The Morgan fingerprint density at radius 2 is 1.97 bits per heavy atom. The lowest BCUT2D eigenvalue weighted by molar-refractivity contribution is -0.129. The summed E-state index contributed by atoms with van der Waals surface area (Å²) in [6, 6.07) is 11.6. The fourth-order valence-corrected chi connectivity index (χ4v) is 3.81. The van der Waals surface area contributed by atoms with Crippen molar-refractivity contribution in [2.75, 3.05) is 38.7 Å². The molecule has 0 spiro atoms. The van der Waals surface area contributed by atoms with E-state index in [0.717, 1.165) is 16.9 Å². The van der Waals surface area contributed by atoms with Crippen LogP contribution >= 0.6 is 0 Å². The van der Waals surface area contributed by atoms with E-state index in [4.69, 9.17) is 4.74 Å². The van der Waals surface area contributed by atoms with E-state index in [1.54, 1.807) is 20.4 Å². The average Bonchev–Trinajstić information content (AvgIpc) is 2.94. The second-order valence-corrected chi connectivity index (χ2v) is 6.98. The molecule has 0 bridgehead atoms. The van der Waals surface area contributed by atoms with Crippen LogP contribution in [-0.4, -0.2) is 66.3 Å². The fourth-order valence-electron chi connectivity index (χ4n) is 3.81. The lowest BCUT2D eigenvalue weighted by Crippen LogP contribution is -2.67. The summed E-state index contributed by atoms with van der Waals surface area (Å²) >= 11 is 0. The van der Waals surface area contributed by atoms with Crippen LogP contribution in [-0.2, 0) is 4.79 Å². The van der Waals surface area contributed by atoms with Crippen LogP contribution in [0.4, 0.5) is 10.6 Å². The lowest BCUT2D eigenvalue weighted by atomic mass is 10.0. The molecule has 2 heterocycles. The molecule has 1 aromatic carbocycles. The molecule has 154 valence electrons. The first kappa shape index (κ1) is 20.6. The number of nitrogens with one attached hydrogen (secondary N) is 1. The van der Waals surface area contributed by atoms with Gasteiger partial charge in [-0.25, -0.2) is 9.78 Å². The summed E-state index contributed by atoms with van der Waals surface area (Å²) in [4.78, 5) is 32.0. The number of aromatic nitrogens is 1. The number of hydrogen-bond donors (Lipinski definition) is 2. The highest BCUT2D eigenvalue weighted by Gasteiger charge is 2.46. The molecule has 29 heavy (non-hydrogen) atoms. The van der Waals surface area contributed by atoms with Gasteiger partial charge >= 0.3 is 6.09 Å². The van der Waals surface area contributed by atoms with Crippen LogP contribution in [0.15, 0.2) is 42.6 Å². The highest BCUT2D eigenvalue weighted by molar-refractivity contribution is 5.90. The number of carbonyl (C=O) groups is 2. The molecule has 1 aliphatic heterocycles. The molecule has 3 rings (SSSR count). The van der Waals surface area contributed by atoms with Crippen LogP contribution < -0.4 is 15.0 Å². The molecule has 8 heteroatoms. The van der Waals surface area contributed by atoms with E-state index in [1.807, 2.05) is 41.3 Å². The van der Waals surface area contributed by atoms with Gasteiger partial charge in [0.25, 0.3) is 0 Å². The van der Waals surface area contributed by atoms with E-state index in [9.17, 15) is 14.7 Å². The van der Waals surface area contributed by atoms with Crippen LogP contribution in [0.3, 0.4) is 0 Å². The van der Waals surface area contributed by atoms with Crippen LogP contribution in [0.25, 0.3) is 11.1 Å². The van der Waals surface area contributed by atoms with E-state index in [0.29, 0.717) is 18.8 Å². The summed E-state index contributed by atoms with van der Waals surface area (Å²) in [5, 5.41) is 12.6. The van der Waals surface area contributed by atoms with Crippen molar-refractivity contribution in [2.24, 2.45) is 0 Å². The molecule has 1 amide bonds. The lowest BCUT2D eigenvalue weighted by Gasteiger charge is -2.40. The Bertz CT molecular complexity index is 887. The zero-order chi connectivity index (χ0) is 21.0. The Morgan fingerprint density at radius 3 is 2.55 bits per heavy atom. The minimum atomic E-state index is -1.31. The maximum Gasteiger partial charge on any atom is 0.409 e. The number of pyridine rings is 1. The number of likely N-dealkylation sites (N-methyl/N-ethyl adjacent to an activating group) is 1. The Labute approximate surface area is 170 Å². The summed E-state index contributed by atoms with van der Waals surface area (Å²) in [6.07, 6.45) is 1.25. The number of Topliss-reactive ketones (excluding diaryl/α,β-unsaturated/α-hetero) is 1. The third-order valence-electron chi connectivity index (χ3n) is 5.41. The van der Waals surface area contributed by atoms with Gasteiger partial charge in [0, 0.05) is 30.4 Å². The van der Waals surface area contributed by atoms with Gasteiger partial charge in [-0.2, -0.15) is 0 Å². The largest absolute Gasteiger partial charge is 0.496 e. The van der Waals surface area contributed by atoms with Crippen molar-refractivity contribution in [1.29, 1.82) is 0 Å². The summed E-state index contributed by atoms with van der Waals surface area (Å²) in [5.74, 6) is 1.21. The third kappa shape index (κ3) is 3.88. The molecule has 0 saturated carbocycles. The zero-order valence-electron chi connectivity index (χ0n) is 16.9. The van der Waals surface area contributed by atoms with Crippen molar-refractivity contribution in [3.63, 3.8) is 0 Å². The minimum absolute atomic E-state index is 0.187. The van der Waals surface area contributed by atoms with Crippen LogP contribution in [0.1, 0.15) is 13.3 Å². The van der Waals surface area contributed by atoms with Gasteiger partial charge in [-0.05, 0) is 38.6 Å². The highest BCUT2D eigenvalue weighted by atomic mass is 16.5. The number of amides is 1. The first-order valence-corrected chi connectivity index (χ1v) is 9.48. The third-order valence-corrected chi connectivity index (χ3v) is 5.41. The summed E-state index contributed by atoms with van der Waals surface area (Å²) in [7, 11) is 3.24. The summed E-state index contributed by atoms with van der Waals surface area (Å²) < 4.78 is 5.42. The van der Waals surface area contributed by atoms with Crippen molar-refractivity contribution in [3.8, 4) is 16.9 Å². The highest BCUT2D eigenvalue weighted by Crippen LogP contribution is 2.30. The Morgan fingerprint density at radius 1 is 1.21 bits per heavy atom. The van der Waals surface area contributed by atoms with E-state index in [1.165, 1.54) is 11.8 Å². The number of anilines is 1. The quantitative estimate of drug-likeness (QED) is 0.799. The van der Waals surface area contributed by atoms with Crippen LogP contribution in [0, 0.1) is 0 Å². The number of hydrogen-bond acceptors (Lipinski definition) is 6. The molecular weight excluding hydrogens is 372 g/mol. The number of para-hydroxylation sites is 1. The second-order valence-electron chi connectivity index (χ2n) is 6.98. The normalized spacial score (nSPS) is 19.6. The van der Waals surface area contributed by atoms with Gasteiger partial charge in [0.2, 0.25) is 0 Å². The molecule has 1 atom stereocenters. The molecular formula is C21H26N4O4. The van der Waals surface area contributed by atoms with E-state index >= 15 is 0 Å². The van der Waals surface area contributed by atoms with Crippen molar-refractivity contribution in [2.45, 2.75) is 19.0 Å². The number of ether oxygens (including phenoxy) is 1. The van der Waals surface area contributed by atoms with Gasteiger partial charge in [-0.15, -0.1) is 0 Å². The predicted molar refractivity (Wildman–Crippen MR) is 110 cm³/mol. The Kier molecular flexibility index (Phi) is 6.03. The molecule has 1 aliphatic rings. The summed E-state index contributed by atoms with van der Waals surface area (Å²) in [5.41, 5.74) is 0.542. The monoisotopic (exact) mass is 398 g/mol. The van der Waals surface area contributed by atoms with E-state index in [2.05, 4.69) is 10.3 Å². The summed E-state index contributed by atoms with van der Waals surface area (Å²) in [6.45, 7) is 2.47. The molecule has 0 radical (unpaired) electrons. The maximum atomic E-state index is 12.5. The first-order chi connectivity index (χ1) is 13.9. The van der Waals surface area contributed by atoms with Gasteiger partial charge in [0.15, 0.2) is 11.4 Å². The maximum absolute atomic E-state index is 12.5. The number of carboxylic acid groups (broad SMARTS) is 1.